The Bertz CT molecular complexity index is 222. The molecule has 0 aliphatic carbocycles. The van der Waals surface area contributed by atoms with Crippen molar-refractivity contribution >= 4 is 27.6 Å². The Balaban J connectivity index is 4.20. The van der Waals surface area contributed by atoms with E-state index in [1.165, 1.54) is 6.92 Å². The van der Waals surface area contributed by atoms with Gasteiger partial charge in [0.2, 0.25) is 0 Å². The number of aliphatic carboxylic acids is 1. The highest BCUT2D eigenvalue weighted by Gasteiger charge is 2.08. The fourth-order valence-corrected chi connectivity index (χ4v) is 0.461. The summed E-state index contributed by atoms with van der Waals surface area (Å²) < 4.78 is 4.30. The Labute approximate surface area is 72.4 Å². The van der Waals surface area contributed by atoms with Gasteiger partial charge in [0.05, 0.1) is 0 Å². The summed E-state index contributed by atoms with van der Waals surface area (Å²) >= 11 is 0. The van der Waals surface area contributed by atoms with Gasteiger partial charge in [-0.15, -0.1) is 0 Å². The average Bonchev–Trinajstić information content (AvgIpc) is 1.84. The van der Waals surface area contributed by atoms with Crippen LogP contribution in [0.2, 0.25) is 0 Å². The lowest BCUT2D eigenvalue weighted by molar-refractivity contribution is -0.139. The molecule has 0 aromatic rings. The summed E-state index contributed by atoms with van der Waals surface area (Å²) in [6.45, 7) is 1.29. The number of carbonyl (C=O) groups excluding carboxylic acids is 1. The van der Waals surface area contributed by atoms with Crippen LogP contribution >= 0.6 is 0 Å². The van der Waals surface area contributed by atoms with E-state index in [1.54, 1.807) is 0 Å². The van der Waals surface area contributed by atoms with Crippen LogP contribution in [0.5, 0.6) is 0 Å². The summed E-state index contributed by atoms with van der Waals surface area (Å²) in [5.74, 6) is -3.29. The van der Waals surface area contributed by atoms with Crippen molar-refractivity contribution in [3.8, 4) is 0 Å². The van der Waals surface area contributed by atoms with Crippen LogP contribution in [0.4, 0.5) is 0 Å². The van der Waals surface area contributed by atoms with E-state index >= 15 is 0 Å². The fraction of sp³-hybridized carbons (Fsp3) is 0.333. The first-order chi connectivity index (χ1) is 5.43. The Kier molecular flexibility index (Phi) is 4.18. The van der Waals surface area contributed by atoms with Gasteiger partial charge in [0.15, 0.2) is 0 Å². The molecular weight excluding hydrogens is 158 g/mol. The van der Waals surface area contributed by atoms with Crippen LogP contribution in [0.1, 0.15) is 6.92 Å². The maximum atomic E-state index is 10.8. The second-order valence-electron chi connectivity index (χ2n) is 2.04. The molecule has 4 radical (unpaired) electrons. The minimum atomic E-state index is -1.23. The fourth-order valence-electron chi connectivity index (χ4n) is 0.461. The Morgan fingerprint density at radius 1 is 1.50 bits per heavy atom. The average molecular weight is 164 g/mol. The van der Waals surface area contributed by atoms with Gasteiger partial charge in [0, 0.05) is 17.6 Å². The molecule has 0 aliphatic heterocycles. The van der Waals surface area contributed by atoms with Crippen LogP contribution in [-0.2, 0) is 14.3 Å². The van der Waals surface area contributed by atoms with E-state index in [9.17, 15) is 9.59 Å². The van der Waals surface area contributed by atoms with E-state index in [4.69, 9.17) is 20.8 Å². The van der Waals surface area contributed by atoms with Gasteiger partial charge < -0.3 is 9.84 Å². The van der Waals surface area contributed by atoms with Crippen LogP contribution in [0.15, 0.2) is 11.6 Å². The monoisotopic (exact) mass is 164 g/mol. The van der Waals surface area contributed by atoms with Crippen molar-refractivity contribution in [2.45, 2.75) is 12.8 Å². The summed E-state index contributed by atoms with van der Waals surface area (Å²) in [5.41, 5.74) is -0.0663. The molecule has 0 atom stereocenters. The number of hydrogen-bond donors (Lipinski definition) is 1. The summed E-state index contributed by atoms with van der Waals surface area (Å²) in [6, 6.07) is 0. The van der Waals surface area contributed by atoms with E-state index in [2.05, 4.69) is 4.74 Å². The number of carboxylic acid groups (broad SMARTS) is 1. The van der Waals surface area contributed by atoms with E-state index < -0.39 is 17.8 Å². The minimum absolute atomic E-state index is 0.0663. The van der Waals surface area contributed by atoms with Gasteiger partial charge in [-0.2, -0.15) is 0 Å². The zero-order valence-electron chi connectivity index (χ0n) is 6.48. The highest BCUT2D eigenvalue weighted by molar-refractivity contribution is 6.35. The van der Waals surface area contributed by atoms with Crippen molar-refractivity contribution < 1.29 is 19.4 Å². The zero-order valence-corrected chi connectivity index (χ0v) is 6.48. The third-order valence-corrected chi connectivity index (χ3v) is 0.905. The molecule has 0 saturated carbocycles. The molecule has 0 unspecified atom stereocenters. The molecule has 0 amide bonds. The standard InChI is InChI=1S/C6H6B2O4/c1-3(2-4(9)10)5(11)12-6(7)8/h2,6H,1H3,(H,9,10)/b3-2+. The molecule has 1 N–H and O–H groups in total. The van der Waals surface area contributed by atoms with Gasteiger partial charge in [-0.1, -0.05) is 0 Å². The number of rotatable bonds is 3. The Morgan fingerprint density at radius 2 is 2.00 bits per heavy atom. The quantitative estimate of drug-likeness (QED) is 0.336. The lowest BCUT2D eigenvalue weighted by atomic mass is 9.82. The van der Waals surface area contributed by atoms with Crippen LogP contribution in [0.25, 0.3) is 0 Å². The number of carbonyl (C=O) groups is 2. The van der Waals surface area contributed by atoms with Crippen molar-refractivity contribution in [2.75, 3.05) is 0 Å². The topological polar surface area (TPSA) is 63.6 Å². The highest BCUT2D eigenvalue weighted by atomic mass is 16.5. The maximum Gasteiger partial charge on any atom is 0.332 e. The third kappa shape index (κ3) is 4.60. The van der Waals surface area contributed by atoms with E-state index in [0.29, 0.717) is 6.08 Å². The molecule has 60 valence electrons. The second-order valence-corrected chi connectivity index (χ2v) is 2.04. The molecule has 6 heteroatoms. The van der Waals surface area contributed by atoms with Gasteiger partial charge in [-0.3, -0.25) is 0 Å². The largest absolute Gasteiger partial charge is 0.479 e. The first-order valence-electron chi connectivity index (χ1n) is 3.07. The van der Waals surface area contributed by atoms with Crippen LogP contribution < -0.4 is 0 Å². The summed E-state index contributed by atoms with van der Waals surface area (Å²) in [6.07, 6.45) is 0.713. The molecule has 0 fully saturated rings. The Morgan fingerprint density at radius 3 is 2.33 bits per heavy atom. The maximum absolute atomic E-state index is 10.8. The smallest absolute Gasteiger partial charge is 0.332 e. The van der Waals surface area contributed by atoms with Gasteiger partial charge in [0.1, 0.15) is 15.7 Å². The van der Waals surface area contributed by atoms with Gasteiger partial charge in [-0.25, -0.2) is 9.59 Å². The molecular formula is C6H6B2O4. The molecule has 0 aliphatic rings. The third-order valence-electron chi connectivity index (χ3n) is 0.905. The first kappa shape index (κ1) is 10.8. The molecule has 12 heavy (non-hydrogen) atoms. The molecule has 0 rings (SSSR count). The molecule has 0 spiro atoms. The first-order valence-corrected chi connectivity index (χ1v) is 3.07. The number of esters is 1. The van der Waals surface area contributed by atoms with Gasteiger partial charge in [-0.05, 0) is 6.92 Å². The lowest BCUT2D eigenvalue weighted by Crippen LogP contribution is -2.19. The second kappa shape index (κ2) is 4.64. The number of ether oxygens (including phenoxy) is 1. The van der Waals surface area contributed by atoms with Crippen LogP contribution in [0.3, 0.4) is 0 Å². The normalized spacial score (nSPS) is 11.3. The summed E-state index contributed by atoms with van der Waals surface area (Å²) in [7, 11) is 9.84. The molecule has 0 aromatic heterocycles. The SMILES string of the molecule is [B]C([B])OC(=O)/C(C)=C/C(=O)O. The van der Waals surface area contributed by atoms with E-state index in [-0.39, 0.29) is 5.57 Å². The predicted octanol–water partition coefficient (Wildman–Crippen LogP) is -0.819. The van der Waals surface area contributed by atoms with Crippen molar-refractivity contribution in [3.63, 3.8) is 0 Å². The van der Waals surface area contributed by atoms with Crippen molar-refractivity contribution in [1.29, 1.82) is 0 Å². The molecule has 0 aromatic carbocycles. The summed E-state index contributed by atoms with van der Waals surface area (Å²) in [4.78, 5) is 20.8. The van der Waals surface area contributed by atoms with Gasteiger partial charge in [0.25, 0.3) is 0 Å². The predicted molar refractivity (Wildman–Crippen MR) is 42.8 cm³/mol. The van der Waals surface area contributed by atoms with E-state index in [0.717, 1.165) is 0 Å². The van der Waals surface area contributed by atoms with E-state index in [1.807, 2.05) is 0 Å². The molecule has 4 nitrogen and oxygen atoms in total. The van der Waals surface area contributed by atoms with Crippen LogP contribution in [-0.4, -0.2) is 38.6 Å². The molecule has 0 heterocycles. The Hall–Kier alpha value is -1.19. The van der Waals surface area contributed by atoms with Crippen molar-refractivity contribution in [1.82, 2.24) is 0 Å². The van der Waals surface area contributed by atoms with Crippen molar-refractivity contribution in [3.05, 3.63) is 11.6 Å². The number of hydrogen-bond acceptors (Lipinski definition) is 3. The molecule has 0 bridgehead atoms. The minimum Gasteiger partial charge on any atom is -0.479 e. The van der Waals surface area contributed by atoms with Gasteiger partial charge >= 0.3 is 11.9 Å². The highest BCUT2D eigenvalue weighted by Crippen LogP contribution is 1.97. The van der Waals surface area contributed by atoms with Crippen molar-refractivity contribution in [2.24, 2.45) is 0 Å². The lowest BCUT2D eigenvalue weighted by Gasteiger charge is -2.07. The van der Waals surface area contributed by atoms with Crippen LogP contribution in [0, 0.1) is 0 Å². The summed E-state index contributed by atoms with van der Waals surface area (Å²) in [5, 5.41) is 8.22. The molecule has 0 saturated heterocycles. The zero-order chi connectivity index (χ0) is 9.72. The number of carboxylic acids is 1.